The Morgan fingerprint density at radius 2 is 1.95 bits per heavy atom. The molecule has 0 unspecified atom stereocenters. The van der Waals surface area contributed by atoms with Crippen molar-refractivity contribution in [1.29, 1.82) is 0 Å². The van der Waals surface area contributed by atoms with Crippen molar-refractivity contribution in [3.63, 3.8) is 0 Å². The van der Waals surface area contributed by atoms with Crippen LogP contribution in [0.2, 0.25) is 5.02 Å². The molecule has 0 amide bonds. The van der Waals surface area contributed by atoms with E-state index in [1.807, 2.05) is 19.9 Å². The van der Waals surface area contributed by atoms with Gasteiger partial charge in [0.1, 0.15) is 0 Å². The highest BCUT2D eigenvalue weighted by molar-refractivity contribution is 6.32. The fourth-order valence-electron chi connectivity index (χ4n) is 1.76. The van der Waals surface area contributed by atoms with Gasteiger partial charge in [0, 0.05) is 5.56 Å². The van der Waals surface area contributed by atoms with Crippen molar-refractivity contribution < 1.29 is 13.9 Å². The highest BCUT2D eigenvalue weighted by atomic mass is 35.5. The second-order valence-corrected chi connectivity index (χ2v) is 4.97. The number of hydrogen-bond acceptors (Lipinski definition) is 2. The van der Waals surface area contributed by atoms with Gasteiger partial charge < -0.3 is 4.74 Å². The summed E-state index contributed by atoms with van der Waals surface area (Å²) in [5, 5.41) is 0.151. The van der Waals surface area contributed by atoms with Gasteiger partial charge in [-0.05, 0) is 43.2 Å². The molecular formula is C16H14ClFO2. The number of carbonyl (C=O) groups is 1. The summed E-state index contributed by atoms with van der Waals surface area (Å²) in [6.45, 7) is 3.66. The Labute approximate surface area is 122 Å². The molecule has 0 saturated heterocycles. The number of ketones is 1. The smallest absolute Gasteiger partial charge is 0.200 e. The van der Waals surface area contributed by atoms with Crippen molar-refractivity contribution in [1.82, 2.24) is 0 Å². The zero-order chi connectivity index (χ0) is 14.7. The molecule has 2 rings (SSSR count). The average molecular weight is 293 g/mol. The molecule has 0 aliphatic rings. The number of Topliss-reactive ketones (excluding diaryl/α,β-unsaturated/α-hetero) is 1. The normalized spacial score (nSPS) is 10.4. The van der Waals surface area contributed by atoms with Crippen molar-refractivity contribution in [3.8, 4) is 5.75 Å². The maximum absolute atomic E-state index is 13.5. The quantitative estimate of drug-likeness (QED) is 0.783. The van der Waals surface area contributed by atoms with E-state index >= 15 is 0 Å². The second kappa shape index (κ2) is 6.06. The van der Waals surface area contributed by atoms with Crippen LogP contribution < -0.4 is 4.74 Å². The van der Waals surface area contributed by atoms with Gasteiger partial charge in [-0.2, -0.15) is 0 Å². The van der Waals surface area contributed by atoms with Gasteiger partial charge in [0.25, 0.3) is 0 Å². The average Bonchev–Trinajstić information content (AvgIpc) is 2.41. The first-order chi connectivity index (χ1) is 9.49. The highest BCUT2D eigenvalue weighted by Crippen LogP contribution is 2.27. The van der Waals surface area contributed by atoms with E-state index in [2.05, 4.69) is 0 Å². The molecule has 0 N–H and O–H groups in total. The molecule has 0 spiro atoms. The number of halogens is 2. The van der Waals surface area contributed by atoms with Crippen LogP contribution in [0, 0.1) is 19.7 Å². The maximum Gasteiger partial charge on any atom is 0.200 e. The summed E-state index contributed by atoms with van der Waals surface area (Å²) < 4.78 is 18.7. The van der Waals surface area contributed by atoms with Crippen LogP contribution in [-0.4, -0.2) is 12.4 Å². The largest absolute Gasteiger partial charge is 0.481 e. The first kappa shape index (κ1) is 14.5. The lowest BCUT2D eigenvalue weighted by atomic mass is 10.0. The molecule has 0 aromatic heterocycles. The molecule has 104 valence electrons. The van der Waals surface area contributed by atoms with E-state index in [1.165, 1.54) is 18.2 Å². The Hall–Kier alpha value is -1.87. The predicted octanol–water partition coefficient (Wildman–Crippen LogP) is 4.36. The Morgan fingerprint density at radius 3 is 2.60 bits per heavy atom. The second-order valence-electron chi connectivity index (χ2n) is 4.56. The fraction of sp³-hybridized carbons (Fsp3) is 0.188. The summed E-state index contributed by atoms with van der Waals surface area (Å²) in [5.74, 6) is -0.885. The molecule has 0 atom stereocenters. The number of ether oxygens (including phenoxy) is 1. The van der Waals surface area contributed by atoms with Crippen molar-refractivity contribution in [2.45, 2.75) is 13.8 Å². The molecule has 0 aliphatic heterocycles. The number of aryl methyl sites for hydroxylation is 2. The summed E-state index contributed by atoms with van der Waals surface area (Å²) in [4.78, 5) is 12.0. The van der Waals surface area contributed by atoms with E-state index in [-0.39, 0.29) is 23.2 Å². The molecule has 2 aromatic rings. The zero-order valence-corrected chi connectivity index (χ0v) is 12.0. The van der Waals surface area contributed by atoms with Gasteiger partial charge in [0.2, 0.25) is 0 Å². The van der Waals surface area contributed by atoms with Gasteiger partial charge in [0.15, 0.2) is 24.0 Å². The Balaban J connectivity index is 2.11. The lowest BCUT2D eigenvalue weighted by Crippen LogP contribution is -2.12. The van der Waals surface area contributed by atoms with Crippen LogP contribution in [0.25, 0.3) is 0 Å². The molecular weight excluding hydrogens is 279 g/mol. The predicted molar refractivity (Wildman–Crippen MR) is 77.2 cm³/mol. The minimum Gasteiger partial charge on any atom is -0.481 e. The number of benzene rings is 2. The van der Waals surface area contributed by atoms with E-state index in [9.17, 15) is 9.18 Å². The van der Waals surface area contributed by atoms with E-state index < -0.39 is 5.82 Å². The van der Waals surface area contributed by atoms with E-state index in [1.54, 1.807) is 12.1 Å². The van der Waals surface area contributed by atoms with Crippen molar-refractivity contribution >= 4 is 17.4 Å². The standard InChI is InChI=1S/C16H14ClFO2/c1-10-6-7-12(8-11(10)2)15(19)9-20-16-13(17)4-3-5-14(16)18/h3-8H,9H2,1-2H3. The molecule has 0 radical (unpaired) electrons. The van der Waals surface area contributed by atoms with Crippen LogP contribution >= 0.6 is 11.6 Å². The van der Waals surface area contributed by atoms with Crippen LogP contribution in [0.15, 0.2) is 36.4 Å². The highest BCUT2D eigenvalue weighted by Gasteiger charge is 2.12. The van der Waals surface area contributed by atoms with E-state index in [4.69, 9.17) is 16.3 Å². The lowest BCUT2D eigenvalue weighted by molar-refractivity contribution is 0.0919. The van der Waals surface area contributed by atoms with Gasteiger partial charge in [-0.25, -0.2) is 4.39 Å². The van der Waals surface area contributed by atoms with Gasteiger partial charge in [0.05, 0.1) is 5.02 Å². The van der Waals surface area contributed by atoms with Crippen molar-refractivity contribution in [2.75, 3.05) is 6.61 Å². The Bertz CT molecular complexity index is 633. The number of para-hydroxylation sites is 1. The monoisotopic (exact) mass is 292 g/mol. The van der Waals surface area contributed by atoms with Crippen LogP contribution in [0.1, 0.15) is 21.5 Å². The SMILES string of the molecule is Cc1ccc(C(=O)COc2c(F)cccc2Cl)cc1C. The molecule has 2 nitrogen and oxygen atoms in total. The molecule has 0 aliphatic carbocycles. The van der Waals surface area contributed by atoms with Crippen LogP contribution in [0.4, 0.5) is 4.39 Å². The van der Waals surface area contributed by atoms with E-state index in [0.717, 1.165) is 11.1 Å². The van der Waals surface area contributed by atoms with Crippen LogP contribution in [0.5, 0.6) is 5.75 Å². The number of carbonyl (C=O) groups excluding carboxylic acids is 1. The Morgan fingerprint density at radius 1 is 1.20 bits per heavy atom. The van der Waals surface area contributed by atoms with Crippen molar-refractivity contribution in [3.05, 3.63) is 63.9 Å². The van der Waals surface area contributed by atoms with Crippen molar-refractivity contribution in [2.24, 2.45) is 0 Å². The zero-order valence-electron chi connectivity index (χ0n) is 11.2. The molecule has 0 saturated carbocycles. The van der Waals surface area contributed by atoms with Gasteiger partial charge >= 0.3 is 0 Å². The molecule has 20 heavy (non-hydrogen) atoms. The minimum atomic E-state index is -0.578. The summed E-state index contributed by atoms with van der Waals surface area (Å²) in [6, 6.07) is 9.64. The van der Waals surface area contributed by atoms with Crippen LogP contribution in [-0.2, 0) is 0 Å². The topological polar surface area (TPSA) is 26.3 Å². The van der Waals surface area contributed by atoms with Gasteiger partial charge in [-0.15, -0.1) is 0 Å². The maximum atomic E-state index is 13.5. The minimum absolute atomic E-state index is 0.0913. The summed E-state index contributed by atoms with van der Waals surface area (Å²) >= 11 is 5.83. The van der Waals surface area contributed by atoms with Gasteiger partial charge in [-0.3, -0.25) is 4.79 Å². The fourth-order valence-corrected chi connectivity index (χ4v) is 1.97. The third-order valence-electron chi connectivity index (χ3n) is 3.10. The van der Waals surface area contributed by atoms with E-state index in [0.29, 0.717) is 5.56 Å². The van der Waals surface area contributed by atoms with Gasteiger partial charge in [-0.1, -0.05) is 29.8 Å². The first-order valence-corrected chi connectivity index (χ1v) is 6.54. The van der Waals surface area contributed by atoms with Crippen LogP contribution in [0.3, 0.4) is 0 Å². The molecule has 4 heteroatoms. The number of hydrogen-bond donors (Lipinski definition) is 0. The lowest BCUT2D eigenvalue weighted by Gasteiger charge is -2.09. The Kier molecular flexibility index (Phi) is 4.40. The molecule has 0 bridgehead atoms. The number of rotatable bonds is 4. The molecule has 0 fully saturated rings. The summed E-state index contributed by atoms with van der Waals surface area (Å²) in [7, 11) is 0. The molecule has 2 aromatic carbocycles. The third-order valence-corrected chi connectivity index (χ3v) is 3.39. The summed E-state index contributed by atoms with van der Waals surface area (Å²) in [6.07, 6.45) is 0. The molecule has 0 heterocycles. The summed E-state index contributed by atoms with van der Waals surface area (Å²) in [5.41, 5.74) is 2.68. The third kappa shape index (κ3) is 3.17. The first-order valence-electron chi connectivity index (χ1n) is 6.16.